The summed E-state index contributed by atoms with van der Waals surface area (Å²) in [6, 6.07) is 0. The first-order valence-corrected chi connectivity index (χ1v) is 12.6. The topological polar surface area (TPSA) is 114 Å². The molecule has 0 saturated heterocycles. The van der Waals surface area contributed by atoms with Gasteiger partial charge in [-0.25, -0.2) is 0 Å². The van der Waals surface area contributed by atoms with Crippen LogP contribution in [0.3, 0.4) is 0 Å². The van der Waals surface area contributed by atoms with Crippen molar-refractivity contribution in [1.82, 2.24) is 15.0 Å². The zero-order valence-corrected chi connectivity index (χ0v) is 19.8. The van der Waals surface area contributed by atoms with E-state index in [2.05, 4.69) is 24.0 Å². The van der Waals surface area contributed by atoms with E-state index in [0.717, 1.165) is 44.4 Å². The SMILES string of the molecule is C[C@@]1(O)CC[C@@]2(C)[C@H](CC[C@@H]3[C@@H]2CC[C@]2(C)[C@@H](C(=O)Cn4ncc(C(N)O)n4)CC[C@@H]32)C1. The third-order valence-corrected chi connectivity index (χ3v) is 10.5. The molecule has 7 heteroatoms. The van der Waals surface area contributed by atoms with E-state index >= 15 is 0 Å². The molecule has 32 heavy (non-hydrogen) atoms. The first-order valence-electron chi connectivity index (χ1n) is 12.6. The van der Waals surface area contributed by atoms with Crippen molar-refractivity contribution in [3.63, 3.8) is 0 Å². The first kappa shape index (κ1) is 22.5. The van der Waals surface area contributed by atoms with Crippen LogP contribution >= 0.6 is 0 Å². The molecule has 9 atom stereocenters. The lowest BCUT2D eigenvalue weighted by atomic mass is 9.44. The van der Waals surface area contributed by atoms with Gasteiger partial charge in [0.15, 0.2) is 5.78 Å². The molecule has 0 amide bonds. The second-order valence-electron chi connectivity index (χ2n) is 12.2. The molecule has 0 aromatic carbocycles. The van der Waals surface area contributed by atoms with Crippen molar-refractivity contribution in [1.29, 1.82) is 0 Å². The minimum atomic E-state index is -1.16. The predicted octanol–water partition coefficient (Wildman–Crippen LogP) is 3.21. The average molecular weight is 445 g/mol. The van der Waals surface area contributed by atoms with Crippen LogP contribution in [0.25, 0.3) is 0 Å². The molecule has 0 bridgehead atoms. The lowest BCUT2D eigenvalue weighted by Gasteiger charge is -2.61. The van der Waals surface area contributed by atoms with Gasteiger partial charge in [0, 0.05) is 5.92 Å². The normalized spacial score (nSPS) is 46.8. The van der Waals surface area contributed by atoms with Crippen LogP contribution in [-0.4, -0.2) is 36.6 Å². The fourth-order valence-corrected chi connectivity index (χ4v) is 8.73. The number of fused-ring (bicyclic) bond motifs is 5. The van der Waals surface area contributed by atoms with E-state index in [-0.39, 0.29) is 23.7 Å². The summed E-state index contributed by atoms with van der Waals surface area (Å²) in [7, 11) is 0. The second kappa shape index (κ2) is 7.60. The molecule has 0 radical (unpaired) electrons. The number of ketones is 1. The molecule has 178 valence electrons. The number of Topliss-reactive ketones (excluding diaryl/α,β-unsaturated/α-hetero) is 1. The fraction of sp³-hybridized carbons (Fsp3) is 0.880. The standard InChI is InChI=1S/C25H40N4O3/c1-23(32)10-11-24(2)15(12-23)4-5-16-17-6-7-19(25(17,3)9-8-18(16)24)21(30)14-29-27-13-20(28-29)22(26)31/h13,15-19,22,31-32H,4-12,14,26H2,1-3H3/t15-,16+,17+,18+,19-,22?,23-,24+,25+/m1/s1. The van der Waals surface area contributed by atoms with E-state index in [0.29, 0.717) is 28.9 Å². The number of nitrogens with zero attached hydrogens (tertiary/aromatic N) is 3. The van der Waals surface area contributed by atoms with Gasteiger partial charge in [0.2, 0.25) is 0 Å². The summed E-state index contributed by atoms with van der Waals surface area (Å²) in [6.45, 7) is 7.06. The number of carbonyl (C=O) groups is 1. The molecular formula is C25H40N4O3. The summed E-state index contributed by atoms with van der Waals surface area (Å²) < 4.78 is 0. The van der Waals surface area contributed by atoms with E-state index in [1.807, 2.05) is 6.92 Å². The zero-order chi connectivity index (χ0) is 22.9. The van der Waals surface area contributed by atoms with Gasteiger partial charge in [0.05, 0.1) is 11.8 Å². The lowest BCUT2D eigenvalue weighted by Crippen LogP contribution is -2.55. The van der Waals surface area contributed by atoms with Gasteiger partial charge in [-0.05, 0) is 99.2 Å². The highest BCUT2D eigenvalue weighted by atomic mass is 16.3. The van der Waals surface area contributed by atoms with Crippen LogP contribution in [0, 0.1) is 40.4 Å². The highest BCUT2D eigenvalue weighted by Crippen LogP contribution is 2.68. The van der Waals surface area contributed by atoms with Crippen LogP contribution in [-0.2, 0) is 11.3 Å². The summed E-state index contributed by atoms with van der Waals surface area (Å²) in [5.74, 6) is 2.96. The van der Waals surface area contributed by atoms with E-state index in [1.165, 1.54) is 30.3 Å². The maximum Gasteiger partial charge on any atom is 0.159 e. The van der Waals surface area contributed by atoms with Crippen LogP contribution in [0.4, 0.5) is 0 Å². The van der Waals surface area contributed by atoms with Gasteiger partial charge < -0.3 is 15.9 Å². The first-order chi connectivity index (χ1) is 15.0. The molecule has 7 nitrogen and oxygen atoms in total. The Labute approximate surface area is 191 Å². The summed E-state index contributed by atoms with van der Waals surface area (Å²) in [6.07, 6.45) is 10.2. The van der Waals surface area contributed by atoms with Crippen LogP contribution in [0.1, 0.15) is 90.5 Å². The van der Waals surface area contributed by atoms with Crippen molar-refractivity contribution in [2.45, 2.75) is 96.9 Å². The molecule has 4 aliphatic rings. The Morgan fingerprint density at radius 2 is 1.88 bits per heavy atom. The van der Waals surface area contributed by atoms with Crippen LogP contribution in [0.15, 0.2) is 6.20 Å². The Hall–Kier alpha value is -1.31. The molecule has 1 heterocycles. The van der Waals surface area contributed by atoms with Gasteiger partial charge in [-0.2, -0.15) is 15.0 Å². The second-order valence-corrected chi connectivity index (χ2v) is 12.2. The third kappa shape index (κ3) is 3.46. The monoisotopic (exact) mass is 444 g/mol. The van der Waals surface area contributed by atoms with Crippen LogP contribution in [0.2, 0.25) is 0 Å². The lowest BCUT2D eigenvalue weighted by molar-refractivity contribution is -0.151. The van der Waals surface area contributed by atoms with Crippen molar-refractivity contribution in [3.8, 4) is 0 Å². The average Bonchev–Trinajstić information content (AvgIpc) is 3.32. The van der Waals surface area contributed by atoms with Crippen LogP contribution < -0.4 is 5.73 Å². The minimum absolute atomic E-state index is 0.0586. The number of rotatable bonds is 4. The van der Waals surface area contributed by atoms with E-state index in [9.17, 15) is 15.0 Å². The number of aliphatic hydroxyl groups excluding tert-OH is 1. The van der Waals surface area contributed by atoms with Gasteiger partial charge in [0.25, 0.3) is 0 Å². The van der Waals surface area contributed by atoms with Crippen molar-refractivity contribution in [2.75, 3.05) is 0 Å². The maximum atomic E-state index is 13.4. The van der Waals surface area contributed by atoms with Crippen molar-refractivity contribution in [2.24, 2.45) is 46.2 Å². The molecule has 0 spiro atoms. The zero-order valence-electron chi connectivity index (χ0n) is 19.8. The van der Waals surface area contributed by atoms with E-state index in [1.54, 1.807) is 0 Å². The fourth-order valence-electron chi connectivity index (χ4n) is 8.73. The van der Waals surface area contributed by atoms with E-state index in [4.69, 9.17) is 5.73 Å². The smallest absolute Gasteiger partial charge is 0.159 e. The van der Waals surface area contributed by atoms with E-state index < -0.39 is 11.8 Å². The molecule has 1 aromatic heterocycles. The number of carbonyl (C=O) groups excluding carboxylic acids is 1. The van der Waals surface area contributed by atoms with Gasteiger partial charge >= 0.3 is 0 Å². The molecule has 4 fully saturated rings. The Balaban J connectivity index is 1.32. The molecule has 5 rings (SSSR count). The summed E-state index contributed by atoms with van der Waals surface area (Å²) in [5, 5.41) is 28.5. The van der Waals surface area contributed by atoms with Crippen molar-refractivity contribution >= 4 is 5.78 Å². The Kier molecular flexibility index (Phi) is 5.34. The predicted molar refractivity (Wildman–Crippen MR) is 120 cm³/mol. The number of aliphatic hydroxyl groups is 2. The van der Waals surface area contributed by atoms with Crippen molar-refractivity contribution < 1.29 is 15.0 Å². The van der Waals surface area contributed by atoms with Crippen molar-refractivity contribution in [3.05, 3.63) is 11.9 Å². The molecule has 4 saturated carbocycles. The summed E-state index contributed by atoms with van der Waals surface area (Å²) >= 11 is 0. The number of hydrogen-bond acceptors (Lipinski definition) is 6. The van der Waals surface area contributed by atoms with Crippen LogP contribution in [0.5, 0.6) is 0 Å². The number of nitrogens with two attached hydrogens (primary N) is 1. The summed E-state index contributed by atoms with van der Waals surface area (Å²) in [4.78, 5) is 14.7. The third-order valence-electron chi connectivity index (χ3n) is 10.5. The van der Waals surface area contributed by atoms with Gasteiger partial charge in [-0.1, -0.05) is 13.8 Å². The van der Waals surface area contributed by atoms with Gasteiger partial charge in [-0.3, -0.25) is 4.79 Å². The minimum Gasteiger partial charge on any atom is -0.390 e. The quantitative estimate of drug-likeness (QED) is 0.615. The molecule has 4 N–H and O–H groups in total. The molecule has 0 aliphatic heterocycles. The number of hydrogen-bond donors (Lipinski definition) is 3. The molecule has 1 unspecified atom stereocenters. The van der Waals surface area contributed by atoms with Gasteiger partial charge in [-0.15, -0.1) is 0 Å². The molecular weight excluding hydrogens is 404 g/mol. The van der Waals surface area contributed by atoms with Gasteiger partial charge in [0.1, 0.15) is 18.5 Å². The maximum absolute atomic E-state index is 13.4. The highest BCUT2D eigenvalue weighted by molar-refractivity contribution is 5.82. The summed E-state index contributed by atoms with van der Waals surface area (Å²) in [5.41, 5.74) is 5.67. The highest BCUT2D eigenvalue weighted by Gasteiger charge is 2.61. The Morgan fingerprint density at radius 3 is 2.59 bits per heavy atom. The molecule has 1 aromatic rings. The Bertz CT molecular complexity index is 882. The largest absolute Gasteiger partial charge is 0.390 e. The number of aromatic nitrogens is 3. The Morgan fingerprint density at radius 1 is 1.12 bits per heavy atom. The molecule has 4 aliphatic carbocycles.